The molecule has 1 saturated heterocycles. The van der Waals surface area contributed by atoms with Crippen LogP contribution in [0, 0.1) is 0 Å². The third kappa shape index (κ3) is 4.52. The maximum absolute atomic E-state index is 11.8. The van der Waals surface area contributed by atoms with E-state index in [0.717, 1.165) is 6.42 Å². The molecule has 0 radical (unpaired) electrons. The highest BCUT2D eigenvalue weighted by Crippen LogP contribution is 2.17. The normalized spacial score (nSPS) is 20.8. The zero-order valence-electron chi connectivity index (χ0n) is 11.5. The van der Waals surface area contributed by atoms with Gasteiger partial charge in [0, 0.05) is 26.2 Å². The monoisotopic (exact) mass is 258 g/mol. The van der Waals surface area contributed by atoms with Gasteiger partial charge >= 0.3 is 12.1 Å². The van der Waals surface area contributed by atoms with Gasteiger partial charge in [-0.15, -0.1) is 0 Å². The van der Waals surface area contributed by atoms with Gasteiger partial charge in [-0.3, -0.25) is 9.69 Å². The number of aliphatic carboxylic acids is 1. The molecule has 1 aliphatic rings. The molecule has 0 spiro atoms. The van der Waals surface area contributed by atoms with E-state index in [9.17, 15) is 9.59 Å². The maximum Gasteiger partial charge on any atom is 0.410 e. The van der Waals surface area contributed by atoms with Crippen LogP contribution in [0.1, 0.15) is 27.2 Å². The molecular weight excluding hydrogens is 236 g/mol. The minimum Gasteiger partial charge on any atom is -0.480 e. The van der Waals surface area contributed by atoms with Gasteiger partial charge in [-0.2, -0.15) is 0 Å². The van der Waals surface area contributed by atoms with Gasteiger partial charge in [0.2, 0.25) is 0 Å². The zero-order valence-corrected chi connectivity index (χ0v) is 11.5. The van der Waals surface area contributed by atoms with Crippen LogP contribution in [0.5, 0.6) is 0 Å². The Hall–Kier alpha value is -1.30. The Kier molecular flexibility index (Phi) is 4.56. The number of likely N-dealkylation sites (tertiary alicyclic amines) is 1. The van der Waals surface area contributed by atoms with Crippen molar-refractivity contribution in [3.8, 4) is 0 Å². The maximum atomic E-state index is 11.8. The molecule has 1 amide bonds. The summed E-state index contributed by atoms with van der Waals surface area (Å²) in [5.41, 5.74) is -0.509. The number of nitrogens with zero attached hydrogens (tertiary/aromatic N) is 2. The number of amides is 1. The molecule has 0 saturated carbocycles. The molecule has 1 N–H and O–H groups in total. The van der Waals surface area contributed by atoms with Crippen LogP contribution in [0.4, 0.5) is 4.79 Å². The Labute approximate surface area is 107 Å². The first kappa shape index (κ1) is 14.8. The van der Waals surface area contributed by atoms with Crippen molar-refractivity contribution >= 4 is 12.1 Å². The van der Waals surface area contributed by atoms with Gasteiger partial charge < -0.3 is 14.7 Å². The van der Waals surface area contributed by atoms with Crippen molar-refractivity contribution in [3.63, 3.8) is 0 Å². The molecule has 0 bridgehead atoms. The van der Waals surface area contributed by atoms with Gasteiger partial charge in [0.05, 0.1) is 6.54 Å². The summed E-state index contributed by atoms with van der Waals surface area (Å²) in [6, 6.07) is 0.0270. The molecule has 6 heteroatoms. The molecule has 1 unspecified atom stereocenters. The van der Waals surface area contributed by atoms with Crippen LogP contribution in [-0.4, -0.2) is 65.3 Å². The first-order valence-electron chi connectivity index (χ1n) is 6.09. The lowest BCUT2D eigenvalue weighted by atomic mass is 10.2. The zero-order chi connectivity index (χ0) is 13.9. The highest BCUT2D eigenvalue weighted by Gasteiger charge is 2.31. The molecule has 1 atom stereocenters. The fraction of sp³-hybridized carbons (Fsp3) is 0.833. The summed E-state index contributed by atoms with van der Waals surface area (Å²) in [4.78, 5) is 25.8. The van der Waals surface area contributed by atoms with Crippen molar-refractivity contribution < 1.29 is 19.4 Å². The van der Waals surface area contributed by atoms with Crippen molar-refractivity contribution in [2.75, 3.05) is 26.7 Å². The molecule has 0 aromatic rings. The summed E-state index contributed by atoms with van der Waals surface area (Å²) < 4.78 is 5.28. The third-order valence-electron chi connectivity index (χ3n) is 2.84. The van der Waals surface area contributed by atoms with E-state index < -0.39 is 11.6 Å². The quantitative estimate of drug-likeness (QED) is 0.818. The van der Waals surface area contributed by atoms with E-state index in [4.69, 9.17) is 9.84 Å². The number of likely N-dealkylation sites (N-methyl/N-ethyl adjacent to an activating group) is 1. The number of hydrogen-bond donors (Lipinski definition) is 1. The lowest BCUT2D eigenvalue weighted by molar-refractivity contribution is -0.138. The molecule has 6 nitrogen and oxygen atoms in total. The molecular formula is C12H22N2O4. The largest absolute Gasteiger partial charge is 0.480 e. The first-order valence-corrected chi connectivity index (χ1v) is 6.09. The molecule has 0 aromatic heterocycles. The van der Waals surface area contributed by atoms with E-state index in [0.29, 0.717) is 13.1 Å². The van der Waals surface area contributed by atoms with E-state index >= 15 is 0 Å². The average Bonchev–Trinajstić information content (AvgIpc) is 2.61. The van der Waals surface area contributed by atoms with E-state index in [-0.39, 0.29) is 18.7 Å². The summed E-state index contributed by atoms with van der Waals surface area (Å²) in [5, 5.41) is 8.71. The number of carboxylic acid groups (broad SMARTS) is 1. The minimum atomic E-state index is -0.837. The Morgan fingerprint density at radius 2 is 2.06 bits per heavy atom. The molecule has 0 aromatic carbocycles. The van der Waals surface area contributed by atoms with Crippen LogP contribution in [0.25, 0.3) is 0 Å². The van der Waals surface area contributed by atoms with Crippen molar-refractivity contribution in [3.05, 3.63) is 0 Å². The number of carboxylic acids is 1. The lowest BCUT2D eigenvalue weighted by Gasteiger charge is -2.28. The molecule has 1 fully saturated rings. The Morgan fingerprint density at radius 3 is 2.56 bits per heavy atom. The highest BCUT2D eigenvalue weighted by molar-refractivity contribution is 5.69. The van der Waals surface area contributed by atoms with Crippen molar-refractivity contribution in [2.24, 2.45) is 0 Å². The summed E-state index contributed by atoms with van der Waals surface area (Å²) in [6.07, 6.45) is 0.424. The Balaban J connectivity index is 2.46. The predicted molar refractivity (Wildman–Crippen MR) is 66.5 cm³/mol. The molecule has 18 heavy (non-hydrogen) atoms. The van der Waals surface area contributed by atoms with Gasteiger partial charge in [-0.05, 0) is 27.2 Å². The second kappa shape index (κ2) is 5.56. The number of carbonyl (C=O) groups is 2. The molecule has 1 heterocycles. The SMILES string of the molecule is CN(C(=O)OC(C)(C)C)C1CCN(CC(=O)O)C1. The van der Waals surface area contributed by atoms with Gasteiger partial charge in [0.1, 0.15) is 5.60 Å². The standard InChI is InChI=1S/C12H22N2O4/c1-12(2,3)18-11(17)13(4)9-5-6-14(7-9)8-10(15)16/h9H,5-8H2,1-4H3,(H,15,16). The first-order chi connectivity index (χ1) is 8.19. The fourth-order valence-corrected chi connectivity index (χ4v) is 1.95. The van der Waals surface area contributed by atoms with Crippen LogP contribution in [0.2, 0.25) is 0 Å². The topological polar surface area (TPSA) is 70.1 Å². The number of ether oxygens (including phenoxy) is 1. The smallest absolute Gasteiger partial charge is 0.410 e. The van der Waals surface area contributed by atoms with Crippen LogP contribution in [0.3, 0.4) is 0 Å². The van der Waals surface area contributed by atoms with E-state index in [1.54, 1.807) is 11.9 Å². The van der Waals surface area contributed by atoms with Gasteiger partial charge in [0.15, 0.2) is 0 Å². The summed E-state index contributed by atoms with van der Waals surface area (Å²) in [5.74, 6) is -0.837. The van der Waals surface area contributed by atoms with E-state index in [1.807, 2.05) is 25.7 Å². The van der Waals surface area contributed by atoms with Crippen LogP contribution < -0.4 is 0 Å². The number of rotatable bonds is 3. The second-order valence-electron chi connectivity index (χ2n) is 5.66. The van der Waals surface area contributed by atoms with Gasteiger partial charge in [-0.25, -0.2) is 4.79 Å². The van der Waals surface area contributed by atoms with Crippen molar-refractivity contribution in [2.45, 2.75) is 38.8 Å². The van der Waals surface area contributed by atoms with Gasteiger partial charge in [0.25, 0.3) is 0 Å². The van der Waals surface area contributed by atoms with Crippen molar-refractivity contribution in [1.29, 1.82) is 0 Å². The second-order valence-corrected chi connectivity index (χ2v) is 5.66. The summed E-state index contributed by atoms with van der Waals surface area (Å²) >= 11 is 0. The summed E-state index contributed by atoms with van der Waals surface area (Å²) in [6.45, 7) is 6.78. The van der Waals surface area contributed by atoms with Crippen LogP contribution >= 0.6 is 0 Å². The molecule has 1 rings (SSSR count). The molecule has 1 aliphatic heterocycles. The Morgan fingerprint density at radius 1 is 1.44 bits per heavy atom. The van der Waals surface area contributed by atoms with Crippen molar-refractivity contribution in [1.82, 2.24) is 9.80 Å². The van der Waals surface area contributed by atoms with Gasteiger partial charge in [-0.1, -0.05) is 0 Å². The molecule has 104 valence electrons. The summed E-state index contributed by atoms with van der Waals surface area (Å²) in [7, 11) is 1.70. The highest BCUT2D eigenvalue weighted by atomic mass is 16.6. The minimum absolute atomic E-state index is 0.0264. The van der Waals surface area contributed by atoms with E-state index in [2.05, 4.69) is 0 Å². The molecule has 0 aliphatic carbocycles. The fourth-order valence-electron chi connectivity index (χ4n) is 1.95. The average molecular weight is 258 g/mol. The lowest BCUT2D eigenvalue weighted by Crippen LogP contribution is -2.42. The van der Waals surface area contributed by atoms with Crippen LogP contribution in [0.15, 0.2) is 0 Å². The number of hydrogen-bond acceptors (Lipinski definition) is 4. The van der Waals surface area contributed by atoms with Crippen LogP contribution in [-0.2, 0) is 9.53 Å². The number of carbonyl (C=O) groups excluding carboxylic acids is 1. The predicted octanol–water partition coefficient (Wildman–Crippen LogP) is 1.01. The third-order valence-corrected chi connectivity index (χ3v) is 2.84. The Bertz CT molecular complexity index is 325. The van der Waals surface area contributed by atoms with E-state index in [1.165, 1.54) is 0 Å².